The van der Waals surface area contributed by atoms with E-state index in [0.29, 0.717) is 0 Å². The van der Waals surface area contributed by atoms with Gasteiger partial charge in [0.25, 0.3) is 0 Å². The van der Waals surface area contributed by atoms with Crippen molar-refractivity contribution in [1.82, 2.24) is 0 Å². The Morgan fingerprint density at radius 3 is 3.21 bits per heavy atom. The fourth-order valence-corrected chi connectivity index (χ4v) is 2.73. The van der Waals surface area contributed by atoms with Gasteiger partial charge in [0.15, 0.2) is 0 Å². The number of carbonyl (C=O) groups excluding carboxylic acids is 1. The van der Waals surface area contributed by atoms with Gasteiger partial charge in [-0.15, -0.1) is 11.8 Å². The minimum atomic E-state index is -0.0649. The molecular formula is C10H10ClNOS. The first kappa shape index (κ1) is 9.87. The second-order valence-electron chi connectivity index (χ2n) is 3.16. The number of fused-ring (bicyclic) bond motifs is 1. The number of benzene rings is 1. The van der Waals surface area contributed by atoms with Crippen molar-refractivity contribution in [1.29, 1.82) is 0 Å². The number of rotatable bonds is 1. The summed E-state index contributed by atoms with van der Waals surface area (Å²) in [5, 5.41) is 3.93. The molecule has 14 heavy (non-hydrogen) atoms. The zero-order valence-electron chi connectivity index (χ0n) is 7.50. The van der Waals surface area contributed by atoms with Crippen LogP contribution in [0.25, 0.3) is 0 Å². The fourth-order valence-electron chi connectivity index (χ4n) is 1.40. The molecule has 1 N–H and O–H groups in total. The molecule has 1 heterocycles. The maximum Gasteiger partial charge on any atom is 0.142 e. The molecular weight excluding hydrogens is 218 g/mol. The molecule has 0 amide bonds. The van der Waals surface area contributed by atoms with Crippen LogP contribution in [0.15, 0.2) is 23.1 Å². The van der Waals surface area contributed by atoms with Gasteiger partial charge in [-0.05, 0) is 24.6 Å². The van der Waals surface area contributed by atoms with E-state index in [1.54, 1.807) is 11.8 Å². The number of anilines is 1. The average Bonchev–Trinajstić information content (AvgIpc) is 2.38. The molecule has 1 aliphatic rings. The predicted octanol–water partition coefficient (Wildman–Crippen LogP) is 2.82. The van der Waals surface area contributed by atoms with Crippen molar-refractivity contribution in [2.24, 2.45) is 0 Å². The Hall–Kier alpha value is -0.670. The molecule has 0 saturated heterocycles. The van der Waals surface area contributed by atoms with E-state index in [2.05, 4.69) is 5.32 Å². The SMILES string of the molecule is O=CC1CCSc2cc(Cl)ccc2N1. The van der Waals surface area contributed by atoms with Crippen molar-refractivity contribution in [2.75, 3.05) is 11.1 Å². The largest absolute Gasteiger partial charge is 0.375 e. The summed E-state index contributed by atoms with van der Waals surface area (Å²) in [4.78, 5) is 11.8. The molecule has 1 atom stereocenters. The number of nitrogens with one attached hydrogen (secondary N) is 1. The Balaban J connectivity index is 2.31. The van der Waals surface area contributed by atoms with Crippen LogP contribution in [-0.4, -0.2) is 18.1 Å². The zero-order chi connectivity index (χ0) is 9.97. The minimum absolute atomic E-state index is 0.0649. The summed E-state index contributed by atoms with van der Waals surface area (Å²) in [6, 6.07) is 5.62. The van der Waals surface area contributed by atoms with Crippen LogP contribution in [-0.2, 0) is 4.79 Å². The van der Waals surface area contributed by atoms with Crippen LogP contribution in [0.2, 0.25) is 5.02 Å². The second kappa shape index (κ2) is 4.24. The number of hydrogen-bond acceptors (Lipinski definition) is 3. The minimum Gasteiger partial charge on any atom is -0.375 e. The van der Waals surface area contributed by atoms with E-state index in [9.17, 15) is 4.79 Å². The summed E-state index contributed by atoms with van der Waals surface area (Å²) < 4.78 is 0. The van der Waals surface area contributed by atoms with Gasteiger partial charge >= 0.3 is 0 Å². The van der Waals surface area contributed by atoms with Crippen molar-refractivity contribution in [2.45, 2.75) is 17.4 Å². The topological polar surface area (TPSA) is 29.1 Å². The Kier molecular flexibility index (Phi) is 2.99. The molecule has 1 aromatic carbocycles. The van der Waals surface area contributed by atoms with Crippen LogP contribution < -0.4 is 5.32 Å². The lowest BCUT2D eigenvalue weighted by Gasteiger charge is -2.10. The van der Waals surface area contributed by atoms with Gasteiger partial charge in [0.1, 0.15) is 6.29 Å². The standard InChI is InChI=1S/C10H10ClNOS/c11-7-1-2-9-10(5-7)14-4-3-8(6-13)12-9/h1-2,5-6,8,12H,3-4H2. The lowest BCUT2D eigenvalue weighted by molar-refractivity contribution is -0.108. The van der Waals surface area contributed by atoms with Gasteiger partial charge in [-0.3, -0.25) is 0 Å². The van der Waals surface area contributed by atoms with Crippen molar-refractivity contribution >= 4 is 35.3 Å². The highest BCUT2D eigenvalue weighted by molar-refractivity contribution is 7.99. The Morgan fingerprint density at radius 2 is 2.43 bits per heavy atom. The number of halogens is 1. The number of hydrogen-bond donors (Lipinski definition) is 1. The third-order valence-corrected chi connectivity index (χ3v) is 3.46. The van der Waals surface area contributed by atoms with Gasteiger partial charge in [0, 0.05) is 21.4 Å². The summed E-state index contributed by atoms with van der Waals surface area (Å²) in [5.74, 6) is 0.948. The second-order valence-corrected chi connectivity index (χ2v) is 4.74. The molecule has 74 valence electrons. The number of carbonyl (C=O) groups is 1. The van der Waals surface area contributed by atoms with Crippen molar-refractivity contribution < 1.29 is 4.79 Å². The molecule has 0 bridgehead atoms. The molecule has 2 rings (SSSR count). The number of thioether (sulfide) groups is 1. The maximum absolute atomic E-state index is 10.7. The molecule has 0 aliphatic carbocycles. The molecule has 0 aromatic heterocycles. The summed E-state index contributed by atoms with van der Waals surface area (Å²) in [5.41, 5.74) is 1.01. The van der Waals surface area contributed by atoms with E-state index in [0.717, 1.165) is 34.1 Å². The lowest BCUT2D eigenvalue weighted by Crippen LogP contribution is -2.20. The first-order chi connectivity index (χ1) is 6.79. The maximum atomic E-state index is 10.7. The molecule has 1 aromatic rings. The monoisotopic (exact) mass is 227 g/mol. The van der Waals surface area contributed by atoms with Crippen LogP contribution in [0.1, 0.15) is 6.42 Å². The van der Waals surface area contributed by atoms with Crippen LogP contribution in [0, 0.1) is 0 Å². The molecule has 0 saturated carbocycles. The van der Waals surface area contributed by atoms with E-state index < -0.39 is 0 Å². The molecule has 2 nitrogen and oxygen atoms in total. The van der Waals surface area contributed by atoms with Crippen molar-refractivity contribution in [3.8, 4) is 0 Å². The highest BCUT2D eigenvalue weighted by Crippen LogP contribution is 2.33. The van der Waals surface area contributed by atoms with Gasteiger partial charge in [-0.2, -0.15) is 0 Å². The van der Waals surface area contributed by atoms with E-state index >= 15 is 0 Å². The average molecular weight is 228 g/mol. The Labute approximate surface area is 92.0 Å². The highest BCUT2D eigenvalue weighted by Gasteiger charge is 2.15. The first-order valence-corrected chi connectivity index (χ1v) is 5.80. The van der Waals surface area contributed by atoms with Crippen molar-refractivity contribution in [3.63, 3.8) is 0 Å². The Bertz CT molecular complexity index is 356. The lowest BCUT2D eigenvalue weighted by atomic mass is 10.2. The van der Waals surface area contributed by atoms with Gasteiger partial charge in [0.2, 0.25) is 0 Å². The van der Waals surface area contributed by atoms with E-state index in [1.807, 2.05) is 18.2 Å². The summed E-state index contributed by atoms with van der Waals surface area (Å²) in [7, 11) is 0. The summed E-state index contributed by atoms with van der Waals surface area (Å²) in [6.45, 7) is 0. The van der Waals surface area contributed by atoms with Crippen molar-refractivity contribution in [3.05, 3.63) is 23.2 Å². The van der Waals surface area contributed by atoms with Crippen LogP contribution in [0.4, 0.5) is 5.69 Å². The molecule has 4 heteroatoms. The smallest absolute Gasteiger partial charge is 0.142 e. The normalized spacial score (nSPS) is 20.5. The third kappa shape index (κ3) is 2.04. The Morgan fingerprint density at radius 1 is 1.57 bits per heavy atom. The summed E-state index contributed by atoms with van der Waals surface area (Å²) >= 11 is 7.63. The molecule has 0 spiro atoms. The molecule has 0 fully saturated rings. The quantitative estimate of drug-likeness (QED) is 0.749. The van der Waals surface area contributed by atoms with E-state index in [1.165, 1.54) is 0 Å². The molecule has 1 aliphatic heterocycles. The van der Waals surface area contributed by atoms with Gasteiger partial charge in [0.05, 0.1) is 6.04 Å². The van der Waals surface area contributed by atoms with Crippen LogP contribution in [0.3, 0.4) is 0 Å². The first-order valence-electron chi connectivity index (χ1n) is 4.44. The van der Waals surface area contributed by atoms with Gasteiger partial charge in [-0.25, -0.2) is 0 Å². The van der Waals surface area contributed by atoms with E-state index in [4.69, 9.17) is 11.6 Å². The molecule has 0 radical (unpaired) electrons. The summed E-state index contributed by atoms with van der Waals surface area (Å²) in [6.07, 6.45) is 1.82. The van der Waals surface area contributed by atoms with Gasteiger partial charge < -0.3 is 10.1 Å². The van der Waals surface area contributed by atoms with Crippen LogP contribution >= 0.6 is 23.4 Å². The third-order valence-electron chi connectivity index (χ3n) is 2.14. The zero-order valence-corrected chi connectivity index (χ0v) is 9.07. The predicted molar refractivity (Wildman–Crippen MR) is 60.3 cm³/mol. The fraction of sp³-hybridized carbons (Fsp3) is 0.300. The van der Waals surface area contributed by atoms with Gasteiger partial charge in [-0.1, -0.05) is 11.6 Å². The van der Waals surface area contributed by atoms with E-state index in [-0.39, 0.29) is 6.04 Å². The molecule has 1 unspecified atom stereocenters. The highest BCUT2D eigenvalue weighted by atomic mass is 35.5. The number of aldehydes is 1. The van der Waals surface area contributed by atoms with Crippen LogP contribution in [0.5, 0.6) is 0 Å².